The fourth-order valence-corrected chi connectivity index (χ4v) is 5.35. The molecule has 2 heterocycles. The first-order chi connectivity index (χ1) is 18.7. The molecule has 5 nitrogen and oxygen atoms in total. The van der Waals surface area contributed by atoms with Gasteiger partial charge in [-0.25, -0.2) is 9.97 Å². The van der Waals surface area contributed by atoms with Gasteiger partial charge in [-0.1, -0.05) is 64.5 Å². The van der Waals surface area contributed by atoms with E-state index in [1.807, 2.05) is 0 Å². The average molecular weight is 544 g/mol. The third-order valence-electron chi connectivity index (χ3n) is 7.53. The minimum atomic E-state index is -4.46. The van der Waals surface area contributed by atoms with Crippen LogP contribution in [0.25, 0.3) is 0 Å². The number of rotatable bonds is 15. The molecule has 2 aromatic rings. The molecule has 0 saturated heterocycles. The second-order valence-electron chi connectivity index (χ2n) is 10.7. The molecule has 0 fully saturated rings. The molecule has 0 bridgehead atoms. The first kappa shape index (κ1) is 30.7. The maximum absolute atomic E-state index is 13.6. The summed E-state index contributed by atoms with van der Waals surface area (Å²) in [6.45, 7) is 6.25. The summed E-state index contributed by atoms with van der Waals surface area (Å²) in [5.74, 6) is 0.844. The lowest BCUT2D eigenvalue weighted by Crippen LogP contribution is -2.14. The summed E-state index contributed by atoms with van der Waals surface area (Å²) in [4.78, 5) is 26.4. The van der Waals surface area contributed by atoms with Gasteiger partial charge in [-0.05, 0) is 54.9 Å². The predicted octanol–water partition coefficient (Wildman–Crippen LogP) is 7.70. The highest BCUT2D eigenvalue weighted by Gasteiger charge is 2.34. The third-order valence-corrected chi connectivity index (χ3v) is 7.53. The quantitative estimate of drug-likeness (QED) is 0.234. The molecule has 3 unspecified atom stereocenters. The van der Waals surface area contributed by atoms with Gasteiger partial charge in [-0.2, -0.15) is 13.2 Å². The highest BCUT2D eigenvalue weighted by molar-refractivity contribution is 6.30. The predicted molar refractivity (Wildman–Crippen MR) is 147 cm³/mol. The van der Waals surface area contributed by atoms with Crippen LogP contribution in [-0.2, 0) is 11.0 Å². The second kappa shape index (κ2) is 14.5. The van der Waals surface area contributed by atoms with Crippen molar-refractivity contribution >= 4 is 11.5 Å². The SMILES string of the molecule is CCCC(CCCCC(C)CO)CCCC(=O)C1=C(C)C(c2cccc(C(F)(F)F)c2)N=C1c1cncnc1. The minimum absolute atomic E-state index is 0.0448. The molecule has 1 N–H and O–H groups in total. The Morgan fingerprint density at radius 1 is 1.05 bits per heavy atom. The zero-order valence-corrected chi connectivity index (χ0v) is 23.2. The maximum Gasteiger partial charge on any atom is 0.416 e. The van der Waals surface area contributed by atoms with Gasteiger partial charge in [0.2, 0.25) is 0 Å². The maximum atomic E-state index is 13.6. The van der Waals surface area contributed by atoms with Crippen molar-refractivity contribution in [3.8, 4) is 0 Å². The van der Waals surface area contributed by atoms with Gasteiger partial charge in [0.25, 0.3) is 0 Å². The van der Waals surface area contributed by atoms with E-state index in [2.05, 4.69) is 23.8 Å². The number of allylic oxidation sites excluding steroid dienone is 1. The Morgan fingerprint density at radius 3 is 2.41 bits per heavy atom. The van der Waals surface area contributed by atoms with Crippen LogP contribution in [0.4, 0.5) is 13.2 Å². The highest BCUT2D eigenvalue weighted by atomic mass is 19.4. The first-order valence-corrected chi connectivity index (χ1v) is 14.0. The van der Waals surface area contributed by atoms with Crippen LogP contribution in [-0.4, -0.2) is 33.2 Å². The number of carbonyl (C=O) groups is 1. The van der Waals surface area contributed by atoms with Gasteiger partial charge in [-0.3, -0.25) is 9.79 Å². The van der Waals surface area contributed by atoms with Crippen molar-refractivity contribution in [1.29, 1.82) is 0 Å². The zero-order chi connectivity index (χ0) is 28.4. The van der Waals surface area contributed by atoms with Gasteiger partial charge >= 0.3 is 6.18 Å². The Labute approximate surface area is 229 Å². The summed E-state index contributed by atoms with van der Waals surface area (Å²) < 4.78 is 40.1. The normalized spacial score (nSPS) is 17.3. The van der Waals surface area contributed by atoms with Gasteiger partial charge in [0, 0.05) is 36.6 Å². The molecule has 1 aromatic heterocycles. The first-order valence-electron chi connectivity index (χ1n) is 14.0. The Bertz CT molecular complexity index is 1150. The Balaban J connectivity index is 1.74. The minimum Gasteiger partial charge on any atom is -0.396 e. The molecular formula is C31H40F3N3O2. The molecule has 0 aliphatic carbocycles. The number of nitrogens with zero attached hydrogens (tertiary/aromatic N) is 3. The van der Waals surface area contributed by atoms with E-state index in [9.17, 15) is 23.1 Å². The Morgan fingerprint density at radius 2 is 1.74 bits per heavy atom. The molecule has 0 spiro atoms. The van der Waals surface area contributed by atoms with Crippen LogP contribution < -0.4 is 0 Å². The lowest BCUT2D eigenvalue weighted by molar-refractivity contribution is -0.137. The number of halogens is 3. The summed E-state index contributed by atoms with van der Waals surface area (Å²) in [7, 11) is 0. The Hall–Kier alpha value is -2.87. The number of aliphatic hydroxyl groups excluding tert-OH is 1. The number of aliphatic hydroxyl groups is 1. The summed E-state index contributed by atoms with van der Waals surface area (Å²) >= 11 is 0. The molecule has 8 heteroatoms. The van der Waals surface area contributed by atoms with Crippen LogP contribution in [0.15, 0.2) is 59.1 Å². The molecular weight excluding hydrogens is 503 g/mol. The smallest absolute Gasteiger partial charge is 0.396 e. The van der Waals surface area contributed by atoms with E-state index in [4.69, 9.17) is 4.99 Å². The average Bonchev–Trinajstić information content (AvgIpc) is 3.28. The number of unbranched alkanes of at least 4 members (excludes halogenated alkanes) is 1. The van der Waals surface area contributed by atoms with Gasteiger partial charge in [0.15, 0.2) is 5.78 Å². The molecule has 39 heavy (non-hydrogen) atoms. The fourth-order valence-electron chi connectivity index (χ4n) is 5.35. The summed E-state index contributed by atoms with van der Waals surface area (Å²) in [6.07, 6.45) is 8.74. The van der Waals surface area contributed by atoms with Crippen LogP contribution in [0.2, 0.25) is 0 Å². The van der Waals surface area contributed by atoms with Crippen molar-refractivity contribution in [2.24, 2.45) is 16.8 Å². The molecule has 0 radical (unpaired) electrons. The van der Waals surface area contributed by atoms with Crippen molar-refractivity contribution in [1.82, 2.24) is 9.97 Å². The number of carbonyl (C=O) groups excluding carboxylic acids is 1. The third kappa shape index (κ3) is 8.56. The number of benzene rings is 1. The molecule has 1 aliphatic heterocycles. The number of Topliss-reactive ketones (excluding diaryl/α,β-unsaturated/α-hetero) is 1. The molecule has 3 rings (SSSR count). The molecule has 0 saturated carbocycles. The van der Waals surface area contributed by atoms with Crippen LogP contribution in [0.1, 0.15) is 101 Å². The summed E-state index contributed by atoms with van der Waals surface area (Å²) in [6, 6.07) is 4.48. The van der Waals surface area contributed by atoms with Crippen molar-refractivity contribution in [2.75, 3.05) is 6.61 Å². The van der Waals surface area contributed by atoms with Crippen molar-refractivity contribution in [3.05, 3.63) is 70.8 Å². The van der Waals surface area contributed by atoms with Crippen LogP contribution in [0.5, 0.6) is 0 Å². The van der Waals surface area contributed by atoms with Crippen molar-refractivity contribution in [3.63, 3.8) is 0 Å². The van der Waals surface area contributed by atoms with E-state index < -0.39 is 17.8 Å². The molecule has 0 amide bonds. The monoisotopic (exact) mass is 543 g/mol. The Kier molecular flexibility index (Phi) is 11.4. The summed E-state index contributed by atoms with van der Waals surface area (Å²) in [5, 5.41) is 9.22. The van der Waals surface area contributed by atoms with Crippen LogP contribution >= 0.6 is 0 Å². The van der Waals surface area contributed by atoms with E-state index >= 15 is 0 Å². The van der Waals surface area contributed by atoms with E-state index in [0.717, 1.165) is 63.5 Å². The number of aliphatic imine (C=N–C) groups is 1. The van der Waals surface area contributed by atoms with Crippen molar-refractivity contribution in [2.45, 2.75) is 90.8 Å². The number of hydrogen-bond acceptors (Lipinski definition) is 5. The van der Waals surface area contributed by atoms with Gasteiger partial charge in [0.05, 0.1) is 17.3 Å². The van der Waals surface area contributed by atoms with Crippen LogP contribution in [0, 0.1) is 11.8 Å². The summed E-state index contributed by atoms with van der Waals surface area (Å²) in [5.41, 5.74) is 1.82. The lowest BCUT2D eigenvalue weighted by atomic mass is 9.88. The zero-order valence-electron chi connectivity index (χ0n) is 23.2. The molecule has 1 aromatic carbocycles. The lowest BCUT2D eigenvalue weighted by Gasteiger charge is -2.17. The van der Waals surface area contributed by atoms with E-state index in [-0.39, 0.29) is 12.4 Å². The molecule has 3 atom stereocenters. The van der Waals surface area contributed by atoms with Gasteiger partial charge in [0.1, 0.15) is 6.33 Å². The number of hydrogen-bond donors (Lipinski definition) is 1. The van der Waals surface area contributed by atoms with Gasteiger partial charge < -0.3 is 5.11 Å². The number of ketones is 1. The van der Waals surface area contributed by atoms with E-state index in [1.165, 1.54) is 12.4 Å². The second-order valence-corrected chi connectivity index (χ2v) is 10.7. The van der Waals surface area contributed by atoms with Crippen molar-refractivity contribution < 1.29 is 23.1 Å². The number of alkyl halides is 3. The molecule has 1 aliphatic rings. The fraction of sp³-hybridized carbons (Fsp3) is 0.548. The van der Waals surface area contributed by atoms with Crippen LogP contribution in [0.3, 0.4) is 0 Å². The highest BCUT2D eigenvalue weighted by Crippen LogP contribution is 2.39. The largest absolute Gasteiger partial charge is 0.416 e. The van der Waals surface area contributed by atoms with E-state index in [0.29, 0.717) is 46.2 Å². The standard InChI is InChI=1S/C31H40F3N3O2/c1-4-9-23(11-6-5-10-21(2)19-38)12-7-15-27(39)28-22(3)29(37-30(28)25-17-35-20-36-18-25)24-13-8-14-26(16-24)31(32,33)34/h8,13-14,16-18,20-21,23,29,38H,4-7,9-12,15,19H2,1-3H3. The van der Waals surface area contributed by atoms with Gasteiger partial charge in [-0.15, -0.1) is 0 Å². The molecule has 212 valence electrons. The van der Waals surface area contributed by atoms with E-state index in [1.54, 1.807) is 25.4 Å². The topological polar surface area (TPSA) is 75.4 Å². The number of aromatic nitrogens is 2.